The molecule has 0 fully saturated rings. The third kappa shape index (κ3) is 3.13. The minimum atomic E-state index is -0.220. The molecule has 4 aromatic heterocycles. The molecule has 0 aliphatic rings. The first-order valence-electron chi connectivity index (χ1n) is 8.64. The SMILES string of the molecule is COCCCn1ccc2nc3ccn(-c4ccncc4)c(=O)c3cc2c1=O. The van der Waals surface area contributed by atoms with Crippen molar-refractivity contribution in [3.8, 4) is 5.69 Å². The van der Waals surface area contributed by atoms with Crippen molar-refractivity contribution >= 4 is 21.8 Å². The van der Waals surface area contributed by atoms with Crippen molar-refractivity contribution in [2.45, 2.75) is 13.0 Å². The van der Waals surface area contributed by atoms with Crippen molar-refractivity contribution in [1.29, 1.82) is 0 Å². The fraction of sp³-hybridized carbons (Fsp3) is 0.200. The van der Waals surface area contributed by atoms with Gasteiger partial charge in [0, 0.05) is 45.0 Å². The molecule has 7 heteroatoms. The predicted octanol–water partition coefficient (Wildman–Crippen LogP) is 2.13. The van der Waals surface area contributed by atoms with Crippen molar-refractivity contribution < 1.29 is 4.74 Å². The van der Waals surface area contributed by atoms with Crippen LogP contribution in [0.1, 0.15) is 6.42 Å². The van der Waals surface area contributed by atoms with Gasteiger partial charge in [0.15, 0.2) is 0 Å². The summed E-state index contributed by atoms with van der Waals surface area (Å²) in [5.41, 5.74) is 1.48. The number of aryl methyl sites for hydroxylation is 1. The maximum atomic E-state index is 13.0. The first-order valence-corrected chi connectivity index (χ1v) is 8.64. The molecule has 0 N–H and O–H groups in total. The second-order valence-corrected chi connectivity index (χ2v) is 6.21. The van der Waals surface area contributed by atoms with Gasteiger partial charge in [-0.3, -0.25) is 19.1 Å². The molecule has 0 atom stereocenters. The van der Waals surface area contributed by atoms with Crippen LogP contribution in [0.5, 0.6) is 0 Å². The molecule has 7 nitrogen and oxygen atoms in total. The number of methoxy groups -OCH3 is 1. The summed E-state index contributed by atoms with van der Waals surface area (Å²) in [6.07, 6.45) is 7.41. The van der Waals surface area contributed by atoms with Crippen LogP contribution in [-0.2, 0) is 11.3 Å². The van der Waals surface area contributed by atoms with Gasteiger partial charge in [0.2, 0.25) is 0 Å². The Balaban J connectivity index is 1.89. The Bertz CT molecular complexity index is 1230. The summed E-state index contributed by atoms with van der Waals surface area (Å²) in [4.78, 5) is 34.2. The van der Waals surface area contributed by atoms with E-state index < -0.39 is 0 Å². The highest BCUT2D eigenvalue weighted by Crippen LogP contribution is 2.15. The normalized spacial score (nSPS) is 11.3. The predicted molar refractivity (Wildman–Crippen MR) is 103 cm³/mol. The number of fused-ring (bicyclic) bond motifs is 2. The van der Waals surface area contributed by atoms with Gasteiger partial charge in [-0.05, 0) is 36.8 Å². The summed E-state index contributed by atoms with van der Waals surface area (Å²) in [5.74, 6) is 0. The first kappa shape index (κ1) is 17.1. The summed E-state index contributed by atoms with van der Waals surface area (Å²) in [7, 11) is 1.63. The molecule has 136 valence electrons. The molecule has 0 saturated carbocycles. The average Bonchev–Trinajstić information content (AvgIpc) is 2.70. The highest BCUT2D eigenvalue weighted by Gasteiger charge is 2.10. The Hall–Kier alpha value is -3.32. The van der Waals surface area contributed by atoms with Crippen LogP contribution in [0.3, 0.4) is 0 Å². The van der Waals surface area contributed by atoms with Gasteiger partial charge in [-0.1, -0.05) is 0 Å². The molecule has 0 aliphatic heterocycles. The van der Waals surface area contributed by atoms with Crippen molar-refractivity contribution in [2.24, 2.45) is 0 Å². The summed E-state index contributed by atoms with van der Waals surface area (Å²) >= 11 is 0. The van der Waals surface area contributed by atoms with Crippen molar-refractivity contribution in [3.05, 3.63) is 75.8 Å². The van der Waals surface area contributed by atoms with E-state index in [2.05, 4.69) is 9.97 Å². The molecule has 4 heterocycles. The van der Waals surface area contributed by atoms with Crippen LogP contribution in [0, 0.1) is 0 Å². The Morgan fingerprint density at radius 3 is 2.41 bits per heavy atom. The fourth-order valence-electron chi connectivity index (χ4n) is 3.13. The number of hydrogen-bond donors (Lipinski definition) is 0. The second kappa shape index (κ2) is 7.13. The molecule has 27 heavy (non-hydrogen) atoms. The topological polar surface area (TPSA) is 79.0 Å². The molecular formula is C20H18N4O3. The summed E-state index contributed by atoms with van der Waals surface area (Å²) in [5, 5.41) is 0.848. The molecule has 0 radical (unpaired) electrons. The lowest BCUT2D eigenvalue weighted by molar-refractivity contribution is 0.190. The van der Waals surface area contributed by atoms with Crippen molar-refractivity contribution in [3.63, 3.8) is 0 Å². The number of hydrogen-bond acceptors (Lipinski definition) is 5. The van der Waals surface area contributed by atoms with E-state index in [0.717, 1.165) is 6.42 Å². The first-order chi connectivity index (χ1) is 13.2. The number of aromatic nitrogens is 4. The standard InChI is InChI=1S/C20H18N4O3/c1-27-12-2-9-23-10-5-17-15(19(23)25)13-16-18(22-17)6-11-24(20(16)26)14-3-7-21-8-4-14/h3-8,10-11,13H,2,9,12H2,1H3. The van der Waals surface area contributed by atoms with E-state index in [1.165, 1.54) is 4.57 Å². The largest absolute Gasteiger partial charge is 0.385 e. The molecule has 0 aliphatic carbocycles. The van der Waals surface area contributed by atoms with Crippen LogP contribution in [0.25, 0.3) is 27.5 Å². The van der Waals surface area contributed by atoms with E-state index in [1.54, 1.807) is 66.8 Å². The molecule has 0 saturated heterocycles. The zero-order valence-corrected chi connectivity index (χ0v) is 14.8. The van der Waals surface area contributed by atoms with Crippen molar-refractivity contribution in [2.75, 3.05) is 13.7 Å². The monoisotopic (exact) mass is 362 g/mol. The summed E-state index contributed by atoms with van der Waals surface area (Å²) in [6, 6.07) is 8.74. The lowest BCUT2D eigenvalue weighted by Gasteiger charge is -2.09. The summed E-state index contributed by atoms with van der Waals surface area (Å²) < 4.78 is 8.19. The minimum absolute atomic E-state index is 0.156. The molecule has 4 rings (SSSR count). The Morgan fingerprint density at radius 2 is 1.67 bits per heavy atom. The smallest absolute Gasteiger partial charge is 0.264 e. The van der Waals surface area contributed by atoms with E-state index in [1.807, 2.05) is 0 Å². The zero-order valence-electron chi connectivity index (χ0n) is 14.8. The average molecular weight is 362 g/mol. The Morgan fingerprint density at radius 1 is 0.963 bits per heavy atom. The number of nitrogens with zero attached hydrogens (tertiary/aromatic N) is 4. The Kier molecular flexibility index (Phi) is 4.52. The second-order valence-electron chi connectivity index (χ2n) is 6.21. The van der Waals surface area contributed by atoms with Gasteiger partial charge >= 0.3 is 0 Å². The van der Waals surface area contributed by atoms with Crippen LogP contribution in [0.15, 0.2) is 64.7 Å². The Labute approximate surface area is 154 Å². The number of ether oxygens (including phenoxy) is 1. The maximum absolute atomic E-state index is 13.0. The van der Waals surface area contributed by atoms with E-state index in [0.29, 0.717) is 40.6 Å². The van der Waals surface area contributed by atoms with E-state index in [-0.39, 0.29) is 11.1 Å². The van der Waals surface area contributed by atoms with Gasteiger partial charge in [-0.25, -0.2) is 4.98 Å². The van der Waals surface area contributed by atoms with Gasteiger partial charge in [0.05, 0.1) is 27.5 Å². The molecule has 0 unspecified atom stereocenters. The number of rotatable bonds is 5. The third-order valence-electron chi connectivity index (χ3n) is 4.50. The van der Waals surface area contributed by atoms with Crippen LogP contribution in [-0.4, -0.2) is 32.8 Å². The maximum Gasteiger partial charge on any atom is 0.264 e. The van der Waals surface area contributed by atoms with E-state index in [9.17, 15) is 9.59 Å². The van der Waals surface area contributed by atoms with Crippen LogP contribution < -0.4 is 11.1 Å². The highest BCUT2D eigenvalue weighted by molar-refractivity contribution is 5.91. The zero-order chi connectivity index (χ0) is 18.8. The molecular weight excluding hydrogens is 344 g/mol. The van der Waals surface area contributed by atoms with Crippen LogP contribution in [0.2, 0.25) is 0 Å². The van der Waals surface area contributed by atoms with Crippen LogP contribution >= 0.6 is 0 Å². The van der Waals surface area contributed by atoms with E-state index >= 15 is 0 Å². The lowest BCUT2D eigenvalue weighted by atomic mass is 10.2. The number of pyridine rings is 4. The third-order valence-corrected chi connectivity index (χ3v) is 4.50. The summed E-state index contributed by atoms with van der Waals surface area (Å²) in [6.45, 7) is 1.13. The highest BCUT2D eigenvalue weighted by atomic mass is 16.5. The molecule has 4 aromatic rings. The molecule has 0 amide bonds. The quantitative estimate of drug-likeness (QED) is 0.401. The van der Waals surface area contributed by atoms with Gasteiger partial charge < -0.3 is 9.30 Å². The van der Waals surface area contributed by atoms with Crippen LogP contribution in [0.4, 0.5) is 0 Å². The van der Waals surface area contributed by atoms with Gasteiger partial charge in [-0.2, -0.15) is 0 Å². The minimum Gasteiger partial charge on any atom is -0.385 e. The molecule has 0 spiro atoms. The van der Waals surface area contributed by atoms with Gasteiger partial charge in [0.1, 0.15) is 0 Å². The van der Waals surface area contributed by atoms with Crippen molar-refractivity contribution in [1.82, 2.24) is 19.1 Å². The lowest BCUT2D eigenvalue weighted by Crippen LogP contribution is -2.22. The fourth-order valence-corrected chi connectivity index (χ4v) is 3.13. The van der Waals surface area contributed by atoms with Gasteiger partial charge in [-0.15, -0.1) is 0 Å². The molecule has 0 aromatic carbocycles. The van der Waals surface area contributed by atoms with E-state index in [4.69, 9.17) is 4.74 Å². The molecule has 0 bridgehead atoms. The van der Waals surface area contributed by atoms with Gasteiger partial charge in [0.25, 0.3) is 11.1 Å².